The van der Waals surface area contributed by atoms with Crippen molar-refractivity contribution < 1.29 is 0 Å². The number of rotatable bonds is 4. The van der Waals surface area contributed by atoms with E-state index >= 15 is 0 Å². The Kier molecular flexibility index (Phi) is 4.33. The van der Waals surface area contributed by atoms with Gasteiger partial charge in [-0.1, -0.05) is 12.1 Å². The number of aryl methyl sites for hydroxylation is 1. The summed E-state index contributed by atoms with van der Waals surface area (Å²) < 4.78 is 1.89. The van der Waals surface area contributed by atoms with Crippen LogP contribution in [-0.2, 0) is 6.54 Å². The number of hydrogen-bond acceptors (Lipinski definition) is 5. The monoisotopic (exact) mass is 370 g/mol. The summed E-state index contributed by atoms with van der Waals surface area (Å²) in [6.45, 7) is 4.95. The molecule has 1 fully saturated rings. The highest BCUT2D eigenvalue weighted by Crippen LogP contribution is 2.27. The zero-order chi connectivity index (χ0) is 18.9. The van der Waals surface area contributed by atoms with Gasteiger partial charge in [-0.15, -0.1) is 0 Å². The third-order valence-corrected chi connectivity index (χ3v) is 5.31. The second kappa shape index (κ2) is 7.13. The molecule has 1 unspecified atom stereocenters. The van der Waals surface area contributed by atoms with Gasteiger partial charge in [0.25, 0.3) is 0 Å². The van der Waals surface area contributed by atoms with Crippen LogP contribution in [0.1, 0.15) is 29.6 Å². The van der Waals surface area contributed by atoms with E-state index in [1.807, 2.05) is 42.0 Å². The number of fused-ring (bicyclic) bond motifs is 1. The molecule has 28 heavy (non-hydrogen) atoms. The van der Waals surface area contributed by atoms with E-state index in [1.165, 1.54) is 0 Å². The van der Waals surface area contributed by atoms with Crippen LogP contribution >= 0.6 is 0 Å². The van der Waals surface area contributed by atoms with Crippen LogP contribution in [0.5, 0.6) is 0 Å². The van der Waals surface area contributed by atoms with Crippen LogP contribution in [0.2, 0.25) is 0 Å². The van der Waals surface area contributed by atoms with E-state index in [4.69, 9.17) is 10.1 Å². The van der Waals surface area contributed by atoms with Gasteiger partial charge in [0.15, 0.2) is 11.5 Å². The normalized spacial score (nSPS) is 17.4. The van der Waals surface area contributed by atoms with Crippen LogP contribution in [-0.4, -0.2) is 42.6 Å². The van der Waals surface area contributed by atoms with Crippen molar-refractivity contribution in [3.8, 4) is 11.1 Å². The Morgan fingerprint density at radius 1 is 1.04 bits per heavy atom. The Balaban J connectivity index is 1.34. The van der Waals surface area contributed by atoms with E-state index in [0.29, 0.717) is 5.92 Å². The molecule has 5 rings (SSSR count). The number of hydrogen-bond donors (Lipinski definition) is 0. The Bertz CT molecular complexity index is 1100. The van der Waals surface area contributed by atoms with E-state index in [-0.39, 0.29) is 0 Å². The number of nitrogens with zero attached hydrogens (tertiary/aromatic N) is 6. The van der Waals surface area contributed by atoms with Crippen LogP contribution in [0, 0.1) is 6.92 Å². The van der Waals surface area contributed by atoms with Crippen molar-refractivity contribution in [3.63, 3.8) is 0 Å². The number of likely N-dealkylation sites (tertiary alicyclic amines) is 1. The number of aromatic nitrogens is 5. The van der Waals surface area contributed by atoms with Gasteiger partial charge >= 0.3 is 0 Å². The highest BCUT2D eigenvalue weighted by Gasteiger charge is 2.27. The first-order chi connectivity index (χ1) is 13.7. The van der Waals surface area contributed by atoms with E-state index < -0.39 is 0 Å². The summed E-state index contributed by atoms with van der Waals surface area (Å²) in [4.78, 5) is 16.0. The smallest absolute Gasteiger partial charge is 0.156 e. The molecule has 0 spiro atoms. The molecule has 1 atom stereocenters. The largest absolute Gasteiger partial charge is 0.297 e. The Hall–Kier alpha value is -3.12. The fourth-order valence-electron chi connectivity index (χ4n) is 3.88. The molecule has 1 saturated heterocycles. The third-order valence-electron chi connectivity index (χ3n) is 5.31. The molecule has 1 aliphatic rings. The van der Waals surface area contributed by atoms with Crippen LogP contribution in [0.3, 0.4) is 0 Å². The minimum atomic E-state index is 0.367. The van der Waals surface area contributed by atoms with E-state index in [9.17, 15) is 0 Å². The lowest BCUT2D eigenvalue weighted by Crippen LogP contribution is -2.20. The molecule has 6 nitrogen and oxygen atoms in total. The SMILES string of the molecule is Cc1cccc(CN2CCC(c3nc4ccc(-c5cccnc5)cn4n3)C2)n1. The summed E-state index contributed by atoms with van der Waals surface area (Å²) in [7, 11) is 0. The molecule has 0 bridgehead atoms. The number of pyridine rings is 3. The Labute approximate surface area is 163 Å². The van der Waals surface area contributed by atoms with Gasteiger partial charge in [-0.25, -0.2) is 9.50 Å². The van der Waals surface area contributed by atoms with Gasteiger partial charge < -0.3 is 0 Å². The molecule has 1 aliphatic heterocycles. The van der Waals surface area contributed by atoms with Gasteiger partial charge in [0.1, 0.15) is 0 Å². The predicted molar refractivity (Wildman–Crippen MR) is 108 cm³/mol. The highest BCUT2D eigenvalue weighted by molar-refractivity contribution is 5.63. The fourth-order valence-corrected chi connectivity index (χ4v) is 3.88. The zero-order valence-corrected chi connectivity index (χ0v) is 15.9. The fraction of sp³-hybridized carbons (Fsp3) is 0.273. The Morgan fingerprint density at radius 2 is 2.00 bits per heavy atom. The van der Waals surface area contributed by atoms with Crippen molar-refractivity contribution in [2.24, 2.45) is 0 Å². The molecule has 4 aromatic heterocycles. The van der Waals surface area contributed by atoms with Crippen molar-refractivity contribution in [1.82, 2.24) is 29.5 Å². The first-order valence-corrected chi connectivity index (χ1v) is 9.66. The molecule has 6 heteroatoms. The summed E-state index contributed by atoms with van der Waals surface area (Å²) in [5, 5.41) is 4.78. The van der Waals surface area contributed by atoms with E-state index in [2.05, 4.69) is 39.1 Å². The van der Waals surface area contributed by atoms with Crippen molar-refractivity contribution in [3.05, 3.63) is 78.3 Å². The molecule has 4 aromatic rings. The summed E-state index contributed by atoms with van der Waals surface area (Å²) in [6.07, 6.45) is 6.77. The molecule has 140 valence electrons. The van der Waals surface area contributed by atoms with Crippen molar-refractivity contribution in [1.29, 1.82) is 0 Å². The second-order valence-corrected chi connectivity index (χ2v) is 7.42. The van der Waals surface area contributed by atoms with Crippen molar-refractivity contribution >= 4 is 5.65 Å². The molecule has 0 radical (unpaired) electrons. The van der Waals surface area contributed by atoms with Gasteiger partial charge in [0.05, 0.1) is 5.69 Å². The Morgan fingerprint density at radius 3 is 2.86 bits per heavy atom. The zero-order valence-electron chi connectivity index (χ0n) is 15.9. The third kappa shape index (κ3) is 3.39. The summed E-state index contributed by atoms with van der Waals surface area (Å²) in [5.41, 5.74) is 5.26. The van der Waals surface area contributed by atoms with Crippen molar-refractivity contribution in [2.45, 2.75) is 25.8 Å². The molecular weight excluding hydrogens is 348 g/mol. The van der Waals surface area contributed by atoms with Crippen LogP contribution in [0.4, 0.5) is 0 Å². The maximum absolute atomic E-state index is 4.78. The molecule has 0 N–H and O–H groups in total. The maximum atomic E-state index is 4.78. The lowest BCUT2D eigenvalue weighted by Gasteiger charge is -2.14. The molecule has 5 heterocycles. The lowest BCUT2D eigenvalue weighted by molar-refractivity contribution is 0.321. The summed E-state index contributed by atoms with van der Waals surface area (Å²) in [5.74, 6) is 1.30. The second-order valence-electron chi connectivity index (χ2n) is 7.42. The maximum Gasteiger partial charge on any atom is 0.156 e. The minimum Gasteiger partial charge on any atom is -0.297 e. The van der Waals surface area contributed by atoms with Crippen LogP contribution in [0.15, 0.2) is 61.1 Å². The van der Waals surface area contributed by atoms with Gasteiger partial charge in [-0.3, -0.25) is 14.9 Å². The average Bonchev–Trinajstić information content (AvgIpc) is 3.35. The topological polar surface area (TPSA) is 59.2 Å². The van der Waals surface area contributed by atoms with E-state index in [0.717, 1.165) is 60.0 Å². The highest BCUT2D eigenvalue weighted by atomic mass is 15.3. The van der Waals surface area contributed by atoms with Gasteiger partial charge in [-0.2, -0.15) is 5.10 Å². The van der Waals surface area contributed by atoms with Gasteiger partial charge in [0, 0.05) is 54.4 Å². The summed E-state index contributed by atoms with van der Waals surface area (Å²) >= 11 is 0. The molecule has 0 amide bonds. The lowest BCUT2D eigenvalue weighted by atomic mass is 10.1. The van der Waals surface area contributed by atoms with E-state index in [1.54, 1.807) is 6.20 Å². The molecule has 0 saturated carbocycles. The van der Waals surface area contributed by atoms with Crippen molar-refractivity contribution in [2.75, 3.05) is 13.1 Å². The first kappa shape index (κ1) is 17.0. The standard InChI is InChI=1S/C22H22N6/c1-16-4-2-6-20(24-16)15-27-11-9-19(13-27)22-25-21-8-7-18(14-28(21)26-22)17-5-3-10-23-12-17/h2-8,10,12,14,19H,9,11,13,15H2,1H3. The molecule has 0 aromatic carbocycles. The first-order valence-electron chi connectivity index (χ1n) is 9.66. The quantitative estimate of drug-likeness (QED) is 0.550. The minimum absolute atomic E-state index is 0.367. The molecular formula is C22H22N6. The van der Waals surface area contributed by atoms with Gasteiger partial charge in [-0.05, 0) is 50.2 Å². The van der Waals surface area contributed by atoms with Crippen LogP contribution in [0.25, 0.3) is 16.8 Å². The van der Waals surface area contributed by atoms with Crippen LogP contribution < -0.4 is 0 Å². The average molecular weight is 370 g/mol. The molecule has 0 aliphatic carbocycles. The predicted octanol–water partition coefficient (Wildman–Crippen LogP) is 3.48. The van der Waals surface area contributed by atoms with Gasteiger partial charge in [0.2, 0.25) is 0 Å². The summed E-state index contributed by atoms with van der Waals surface area (Å²) in [6, 6.07) is 14.3.